The number of hydrogen-bond donors (Lipinski definition) is 1. The summed E-state index contributed by atoms with van der Waals surface area (Å²) in [4.78, 5) is 12.5. The fourth-order valence-electron chi connectivity index (χ4n) is 3.00. The van der Waals surface area contributed by atoms with Gasteiger partial charge in [-0.15, -0.1) is 0 Å². The van der Waals surface area contributed by atoms with E-state index in [1.54, 1.807) is 30.7 Å². The molecule has 2 heterocycles. The van der Waals surface area contributed by atoms with E-state index in [4.69, 9.17) is 23.2 Å². The molecule has 0 aliphatic rings. The smallest absolute Gasteiger partial charge is 0.283 e. The first-order chi connectivity index (χ1) is 14.1. The standard InChI is InChI=1S/C19H18BrCl2F2N5O/c1-9-17(11(3)28(26-9)7-12-4-5-13(21)6-14(12)22)25-15(30)8-29-10(2)16(20)18(27-29)19(23)24/h4-6,19H,7-8H2,1-3H3,(H,25,30). The summed E-state index contributed by atoms with van der Waals surface area (Å²) >= 11 is 15.3. The predicted octanol–water partition coefficient (Wildman–Crippen LogP) is 5.70. The molecule has 2 aromatic heterocycles. The number of benzene rings is 1. The first-order valence-electron chi connectivity index (χ1n) is 8.87. The van der Waals surface area contributed by atoms with Crippen molar-refractivity contribution >= 4 is 50.7 Å². The Morgan fingerprint density at radius 3 is 2.47 bits per heavy atom. The van der Waals surface area contributed by atoms with Crippen LogP contribution in [0.2, 0.25) is 10.0 Å². The van der Waals surface area contributed by atoms with Gasteiger partial charge in [-0.1, -0.05) is 29.3 Å². The summed E-state index contributed by atoms with van der Waals surface area (Å²) in [5.41, 5.74) is 2.81. The normalized spacial score (nSPS) is 11.4. The molecule has 0 fully saturated rings. The predicted molar refractivity (Wildman–Crippen MR) is 116 cm³/mol. The van der Waals surface area contributed by atoms with Crippen LogP contribution in [0.5, 0.6) is 0 Å². The third-order valence-electron chi connectivity index (χ3n) is 4.64. The van der Waals surface area contributed by atoms with Crippen molar-refractivity contribution in [2.75, 3.05) is 5.32 Å². The number of carbonyl (C=O) groups is 1. The number of hydrogen-bond acceptors (Lipinski definition) is 3. The molecular weight excluding hydrogens is 503 g/mol. The van der Waals surface area contributed by atoms with Gasteiger partial charge in [0.05, 0.1) is 33.8 Å². The molecule has 11 heteroatoms. The van der Waals surface area contributed by atoms with Crippen LogP contribution in [0.3, 0.4) is 0 Å². The van der Waals surface area contributed by atoms with Gasteiger partial charge in [0.25, 0.3) is 6.43 Å². The number of aryl methyl sites for hydroxylation is 1. The zero-order valence-corrected chi connectivity index (χ0v) is 19.4. The fourth-order valence-corrected chi connectivity index (χ4v) is 3.92. The highest BCUT2D eigenvalue weighted by atomic mass is 79.9. The molecule has 0 unspecified atom stereocenters. The van der Waals surface area contributed by atoms with Crippen LogP contribution in [0, 0.1) is 20.8 Å². The van der Waals surface area contributed by atoms with Gasteiger partial charge in [-0.2, -0.15) is 10.2 Å². The zero-order chi connectivity index (χ0) is 22.2. The molecule has 3 rings (SSSR count). The first kappa shape index (κ1) is 22.7. The molecule has 30 heavy (non-hydrogen) atoms. The molecule has 0 aliphatic carbocycles. The van der Waals surface area contributed by atoms with E-state index >= 15 is 0 Å². The second kappa shape index (κ2) is 9.03. The average molecular weight is 521 g/mol. The minimum Gasteiger partial charge on any atom is -0.321 e. The number of halogens is 5. The van der Waals surface area contributed by atoms with Gasteiger partial charge in [-0.05, 0) is 54.4 Å². The lowest BCUT2D eigenvalue weighted by molar-refractivity contribution is -0.117. The monoisotopic (exact) mass is 519 g/mol. The van der Waals surface area contributed by atoms with E-state index in [1.807, 2.05) is 13.0 Å². The largest absolute Gasteiger partial charge is 0.321 e. The Hall–Kier alpha value is -1.97. The van der Waals surface area contributed by atoms with Gasteiger partial charge in [-0.25, -0.2) is 8.78 Å². The highest BCUT2D eigenvalue weighted by Crippen LogP contribution is 2.29. The summed E-state index contributed by atoms with van der Waals surface area (Å²) in [6.45, 7) is 5.41. The van der Waals surface area contributed by atoms with E-state index < -0.39 is 12.3 Å². The van der Waals surface area contributed by atoms with Crippen molar-refractivity contribution in [1.29, 1.82) is 0 Å². The summed E-state index contributed by atoms with van der Waals surface area (Å²) in [6.07, 6.45) is -2.73. The lowest BCUT2D eigenvalue weighted by atomic mass is 10.2. The van der Waals surface area contributed by atoms with Crippen molar-refractivity contribution in [2.24, 2.45) is 0 Å². The molecule has 0 spiro atoms. The number of aromatic nitrogens is 4. The number of alkyl halides is 2. The van der Waals surface area contributed by atoms with Gasteiger partial charge in [0.15, 0.2) is 0 Å². The SMILES string of the molecule is Cc1nn(Cc2ccc(Cl)cc2Cl)c(C)c1NC(=O)Cn1nc(C(F)F)c(Br)c1C. The minimum absolute atomic E-state index is 0.199. The van der Waals surface area contributed by atoms with E-state index in [0.29, 0.717) is 33.7 Å². The number of anilines is 1. The van der Waals surface area contributed by atoms with Crippen LogP contribution in [0.25, 0.3) is 0 Å². The maximum atomic E-state index is 13.0. The molecule has 3 aromatic rings. The Kier molecular flexibility index (Phi) is 6.84. The molecule has 0 atom stereocenters. The highest BCUT2D eigenvalue weighted by molar-refractivity contribution is 9.10. The molecule has 0 saturated carbocycles. The average Bonchev–Trinajstić information content (AvgIpc) is 3.09. The molecule has 6 nitrogen and oxygen atoms in total. The number of nitrogens with zero attached hydrogens (tertiary/aromatic N) is 4. The van der Waals surface area contributed by atoms with Gasteiger partial charge in [0, 0.05) is 10.0 Å². The zero-order valence-electron chi connectivity index (χ0n) is 16.3. The second-order valence-corrected chi connectivity index (χ2v) is 8.37. The Bertz CT molecular complexity index is 1110. The van der Waals surface area contributed by atoms with Crippen LogP contribution in [-0.2, 0) is 17.9 Å². The molecule has 1 N–H and O–H groups in total. The number of rotatable bonds is 6. The van der Waals surface area contributed by atoms with Crippen molar-refractivity contribution in [3.05, 3.63) is 61.1 Å². The topological polar surface area (TPSA) is 64.7 Å². The fraction of sp³-hybridized carbons (Fsp3) is 0.316. The minimum atomic E-state index is -2.73. The Balaban J connectivity index is 1.77. The Morgan fingerprint density at radius 1 is 1.17 bits per heavy atom. The van der Waals surface area contributed by atoms with E-state index in [1.165, 1.54) is 4.68 Å². The lowest BCUT2D eigenvalue weighted by Gasteiger charge is -2.09. The van der Waals surface area contributed by atoms with Crippen LogP contribution in [0.4, 0.5) is 14.5 Å². The van der Waals surface area contributed by atoms with Gasteiger partial charge >= 0.3 is 0 Å². The summed E-state index contributed by atoms with van der Waals surface area (Å²) < 4.78 is 29.2. The molecule has 1 aromatic carbocycles. The summed E-state index contributed by atoms with van der Waals surface area (Å²) in [5, 5.41) is 12.2. The van der Waals surface area contributed by atoms with Crippen molar-refractivity contribution in [1.82, 2.24) is 19.6 Å². The Morgan fingerprint density at radius 2 is 1.87 bits per heavy atom. The van der Waals surface area contributed by atoms with Crippen LogP contribution >= 0.6 is 39.1 Å². The molecule has 1 amide bonds. The van der Waals surface area contributed by atoms with Gasteiger partial charge in [-0.3, -0.25) is 14.2 Å². The molecule has 0 saturated heterocycles. The van der Waals surface area contributed by atoms with Crippen LogP contribution in [-0.4, -0.2) is 25.5 Å². The van der Waals surface area contributed by atoms with Crippen molar-refractivity contribution in [2.45, 2.75) is 40.3 Å². The Labute approximate surface area is 190 Å². The van der Waals surface area contributed by atoms with Gasteiger partial charge in [0.1, 0.15) is 12.2 Å². The summed E-state index contributed by atoms with van der Waals surface area (Å²) in [6, 6.07) is 5.22. The molecule has 0 bridgehead atoms. The van der Waals surface area contributed by atoms with Crippen molar-refractivity contribution < 1.29 is 13.6 Å². The third-order valence-corrected chi connectivity index (χ3v) is 6.21. The molecular formula is C19H18BrCl2F2N5O. The number of amides is 1. The van der Waals surface area contributed by atoms with Gasteiger partial charge < -0.3 is 5.32 Å². The van der Waals surface area contributed by atoms with Crippen LogP contribution in [0.15, 0.2) is 22.7 Å². The molecule has 0 radical (unpaired) electrons. The van der Waals surface area contributed by atoms with E-state index in [-0.39, 0.29) is 16.7 Å². The molecule has 0 aliphatic heterocycles. The molecule has 160 valence electrons. The van der Waals surface area contributed by atoms with Gasteiger partial charge in [0.2, 0.25) is 5.91 Å². The maximum Gasteiger partial charge on any atom is 0.283 e. The van der Waals surface area contributed by atoms with Crippen LogP contribution in [0.1, 0.15) is 34.8 Å². The summed E-state index contributed by atoms with van der Waals surface area (Å²) in [7, 11) is 0. The van der Waals surface area contributed by atoms with E-state index in [9.17, 15) is 13.6 Å². The number of carbonyl (C=O) groups excluding carboxylic acids is 1. The lowest BCUT2D eigenvalue weighted by Crippen LogP contribution is -2.21. The quantitative estimate of drug-likeness (QED) is 0.453. The summed E-state index contributed by atoms with van der Waals surface area (Å²) in [5.74, 6) is -0.399. The van der Waals surface area contributed by atoms with Crippen molar-refractivity contribution in [3.63, 3.8) is 0 Å². The van der Waals surface area contributed by atoms with Crippen LogP contribution < -0.4 is 5.32 Å². The maximum absolute atomic E-state index is 13.0. The second-order valence-electron chi connectivity index (χ2n) is 6.73. The van der Waals surface area contributed by atoms with Crippen molar-refractivity contribution in [3.8, 4) is 0 Å². The first-order valence-corrected chi connectivity index (χ1v) is 10.4. The number of nitrogens with one attached hydrogen (secondary N) is 1. The van der Waals surface area contributed by atoms with E-state index in [0.717, 1.165) is 11.3 Å². The van der Waals surface area contributed by atoms with E-state index in [2.05, 4.69) is 31.4 Å². The highest BCUT2D eigenvalue weighted by Gasteiger charge is 2.22. The third kappa shape index (κ3) is 4.68.